The first-order valence-corrected chi connectivity index (χ1v) is 8.68. The molecule has 0 unspecified atom stereocenters. The summed E-state index contributed by atoms with van der Waals surface area (Å²) >= 11 is 0. The number of nitrogens with zero attached hydrogens (tertiary/aromatic N) is 3. The van der Waals surface area contributed by atoms with E-state index in [1.807, 2.05) is 30.3 Å². The Kier molecular flexibility index (Phi) is 5.84. The number of ether oxygens (including phenoxy) is 1. The molecule has 28 heavy (non-hydrogen) atoms. The van der Waals surface area contributed by atoms with Crippen molar-refractivity contribution in [1.82, 2.24) is 14.7 Å². The Morgan fingerprint density at radius 2 is 1.89 bits per heavy atom. The van der Waals surface area contributed by atoms with Crippen LogP contribution in [-0.2, 0) is 17.9 Å². The van der Waals surface area contributed by atoms with Gasteiger partial charge in [0, 0.05) is 31.3 Å². The van der Waals surface area contributed by atoms with Gasteiger partial charge in [0.05, 0.1) is 12.8 Å². The van der Waals surface area contributed by atoms with Crippen LogP contribution in [0.2, 0.25) is 0 Å². The first kappa shape index (κ1) is 19.3. The van der Waals surface area contributed by atoms with Crippen LogP contribution in [0.25, 0.3) is 11.3 Å². The van der Waals surface area contributed by atoms with Gasteiger partial charge in [0.1, 0.15) is 18.1 Å². The minimum Gasteiger partial charge on any atom is -0.497 e. The lowest BCUT2D eigenvalue weighted by atomic mass is 10.1. The first-order chi connectivity index (χ1) is 13.5. The Balaban J connectivity index is 1.80. The molecule has 0 radical (unpaired) electrons. The molecule has 3 aromatic rings. The molecular formula is C21H20FN3O3. The number of hydrogen-bond donors (Lipinski definition) is 0. The maximum Gasteiger partial charge on any atom is 0.267 e. The average Bonchev–Trinajstić information content (AvgIpc) is 2.70. The third-order valence-electron chi connectivity index (χ3n) is 4.29. The van der Waals surface area contributed by atoms with Crippen molar-refractivity contribution in [3.63, 3.8) is 0 Å². The lowest BCUT2D eigenvalue weighted by Gasteiger charge is -2.17. The molecule has 0 N–H and O–H groups in total. The van der Waals surface area contributed by atoms with Crippen LogP contribution in [0.1, 0.15) is 5.56 Å². The molecule has 0 aliphatic carbocycles. The monoisotopic (exact) mass is 381 g/mol. The van der Waals surface area contributed by atoms with E-state index in [4.69, 9.17) is 4.74 Å². The SMILES string of the molecule is COc1ccc(-c2ccc(=O)n(CC(=O)N(C)Cc3ccccc3)n2)c(F)c1. The number of aromatic nitrogens is 2. The summed E-state index contributed by atoms with van der Waals surface area (Å²) in [7, 11) is 3.11. The quantitative estimate of drug-likeness (QED) is 0.659. The van der Waals surface area contributed by atoms with E-state index in [1.54, 1.807) is 13.1 Å². The number of rotatable bonds is 6. The van der Waals surface area contributed by atoms with Crippen LogP contribution in [0.3, 0.4) is 0 Å². The van der Waals surface area contributed by atoms with Crippen molar-refractivity contribution < 1.29 is 13.9 Å². The Hall–Kier alpha value is -3.48. The van der Waals surface area contributed by atoms with E-state index in [9.17, 15) is 14.0 Å². The maximum atomic E-state index is 14.3. The highest BCUT2D eigenvalue weighted by molar-refractivity contribution is 5.75. The fourth-order valence-corrected chi connectivity index (χ4v) is 2.73. The molecule has 0 saturated heterocycles. The smallest absolute Gasteiger partial charge is 0.267 e. The maximum absolute atomic E-state index is 14.3. The molecule has 0 fully saturated rings. The van der Waals surface area contributed by atoms with E-state index >= 15 is 0 Å². The molecule has 0 bridgehead atoms. The third-order valence-corrected chi connectivity index (χ3v) is 4.29. The van der Waals surface area contributed by atoms with Crippen LogP contribution in [0.15, 0.2) is 65.5 Å². The Labute approximate surface area is 161 Å². The molecule has 0 aliphatic rings. The molecule has 1 amide bonds. The topological polar surface area (TPSA) is 64.4 Å². The van der Waals surface area contributed by atoms with Gasteiger partial charge in [0.25, 0.3) is 5.56 Å². The lowest BCUT2D eigenvalue weighted by molar-refractivity contribution is -0.131. The summed E-state index contributed by atoms with van der Waals surface area (Å²) in [4.78, 5) is 26.1. The predicted octanol–water partition coefficient (Wildman–Crippen LogP) is 2.72. The number of amides is 1. The summed E-state index contributed by atoms with van der Waals surface area (Å²) in [6, 6.07) is 16.6. The van der Waals surface area contributed by atoms with Crippen molar-refractivity contribution in [2.45, 2.75) is 13.1 Å². The summed E-state index contributed by atoms with van der Waals surface area (Å²) in [5, 5.41) is 4.16. The summed E-state index contributed by atoms with van der Waals surface area (Å²) in [6.07, 6.45) is 0. The normalized spacial score (nSPS) is 10.5. The second-order valence-corrected chi connectivity index (χ2v) is 6.30. The van der Waals surface area contributed by atoms with Crippen LogP contribution in [-0.4, -0.2) is 34.7 Å². The van der Waals surface area contributed by atoms with Gasteiger partial charge in [-0.2, -0.15) is 5.10 Å². The zero-order valence-electron chi connectivity index (χ0n) is 15.6. The van der Waals surface area contributed by atoms with Crippen LogP contribution in [0.5, 0.6) is 5.75 Å². The Morgan fingerprint density at radius 1 is 1.14 bits per heavy atom. The molecule has 0 spiro atoms. The van der Waals surface area contributed by atoms with Gasteiger partial charge in [-0.25, -0.2) is 9.07 Å². The van der Waals surface area contributed by atoms with Gasteiger partial charge < -0.3 is 9.64 Å². The van der Waals surface area contributed by atoms with Crippen molar-refractivity contribution in [1.29, 1.82) is 0 Å². The molecule has 7 heteroatoms. The van der Waals surface area contributed by atoms with E-state index in [0.717, 1.165) is 10.2 Å². The molecule has 1 aromatic heterocycles. The van der Waals surface area contributed by atoms with Crippen molar-refractivity contribution in [3.05, 3.63) is 82.4 Å². The number of carbonyl (C=O) groups excluding carboxylic acids is 1. The molecule has 3 rings (SSSR count). The number of halogens is 1. The molecule has 6 nitrogen and oxygen atoms in total. The molecule has 1 heterocycles. The number of methoxy groups -OCH3 is 1. The second kappa shape index (κ2) is 8.47. The summed E-state index contributed by atoms with van der Waals surface area (Å²) in [5.74, 6) is -0.414. The van der Waals surface area contributed by atoms with Crippen LogP contribution in [0, 0.1) is 5.82 Å². The lowest BCUT2D eigenvalue weighted by Crippen LogP contribution is -2.34. The number of carbonyl (C=O) groups is 1. The molecule has 144 valence electrons. The van der Waals surface area contributed by atoms with Gasteiger partial charge in [0.15, 0.2) is 0 Å². The predicted molar refractivity (Wildman–Crippen MR) is 103 cm³/mol. The van der Waals surface area contributed by atoms with E-state index in [-0.39, 0.29) is 23.7 Å². The summed E-state index contributed by atoms with van der Waals surface area (Å²) in [6.45, 7) is 0.189. The van der Waals surface area contributed by atoms with Gasteiger partial charge in [-0.15, -0.1) is 0 Å². The van der Waals surface area contributed by atoms with E-state index in [0.29, 0.717) is 12.3 Å². The van der Waals surface area contributed by atoms with Gasteiger partial charge in [-0.3, -0.25) is 9.59 Å². The summed E-state index contributed by atoms with van der Waals surface area (Å²) < 4.78 is 20.3. The zero-order valence-corrected chi connectivity index (χ0v) is 15.6. The van der Waals surface area contributed by atoms with Crippen LogP contribution < -0.4 is 10.3 Å². The minimum absolute atomic E-state index is 0.222. The fraction of sp³-hybridized carbons (Fsp3) is 0.190. The molecule has 0 saturated carbocycles. The standard InChI is InChI=1S/C21H20FN3O3/c1-24(13-15-6-4-3-5-7-15)21(27)14-25-20(26)11-10-19(23-25)17-9-8-16(28-2)12-18(17)22/h3-12H,13-14H2,1-2H3. The van der Waals surface area contributed by atoms with E-state index in [2.05, 4.69) is 5.10 Å². The van der Waals surface area contributed by atoms with Crippen LogP contribution >= 0.6 is 0 Å². The van der Waals surface area contributed by atoms with Gasteiger partial charge in [-0.1, -0.05) is 30.3 Å². The highest BCUT2D eigenvalue weighted by Gasteiger charge is 2.14. The second-order valence-electron chi connectivity index (χ2n) is 6.30. The Morgan fingerprint density at radius 3 is 2.57 bits per heavy atom. The highest BCUT2D eigenvalue weighted by Crippen LogP contribution is 2.24. The highest BCUT2D eigenvalue weighted by atomic mass is 19.1. The van der Waals surface area contributed by atoms with E-state index < -0.39 is 11.4 Å². The van der Waals surface area contributed by atoms with Crippen molar-refractivity contribution >= 4 is 5.91 Å². The molecule has 2 aromatic carbocycles. The largest absolute Gasteiger partial charge is 0.497 e. The number of likely N-dealkylation sites (N-methyl/N-ethyl adjacent to an activating group) is 1. The number of benzene rings is 2. The summed E-state index contributed by atoms with van der Waals surface area (Å²) in [5.41, 5.74) is 1.03. The van der Waals surface area contributed by atoms with Crippen molar-refractivity contribution in [2.75, 3.05) is 14.2 Å². The Bertz CT molecular complexity index is 1030. The van der Waals surface area contributed by atoms with Crippen LogP contribution in [0.4, 0.5) is 4.39 Å². The van der Waals surface area contributed by atoms with Gasteiger partial charge in [0.2, 0.25) is 5.91 Å². The first-order valence-electron chi connectivity index (χ1n) is 8.68. The van der Waals surface area contributed by atoms with Gasteiger partial charge in [-0.05, 0) is 23.8 Å². The van der Waals surface area contributed by atoms with Gasteiger partial charge >= 0.3 is 0 Å². The van der Waals surface area contributed by atoms with E-state index in [1.165, 1.54) is 36.3 Å². The molecule has 0 atom stereocenters. The molecule has 0 aliphatic heterocycles. The third kappa shape index (κ3) is 4.43. The number of hydrogen-bond acceptors (Lipinski definition) is 4. The van der Waals surface area contributed by atoms with Crippen molar-refractivity contribution in [2.24, 2.45) is 0 Å². The average molecular weight is 381 g/mol. The van der Waals surface area contributed by atoms with Crippen molar-refractivity contribution in [3.8, 4) is 17.0 Å². The molecular weight excluding hydrogens is 361 g/mol. The minimum atomic E-state index is -0.524. The fourth-order valence-electron chi connectivity index (χ4n) is 2.73. The zero-order chi connectivity index (χ0) is 20.1.